The summed E-state index contributed by atoms with van der Waals surface area (Å²) in [5, 5.41) is 0. The number of carbonyl (C=O) groups is 2. The molecule has 1 saturated heterocycles. The Morgan fingerprint density at radius 1 is 1.36 bits per heavy atom. The van der Waals surface area contributed by atoms with E-state index in [0.717, 1.165) is 42.8 Å². The SMILES string of the molecule is CCC1(C(N)=O)CCCN(C(=O)c2cc(C)n(CCCOC)c2C)C1. The third kappa shape index (κ3) is 3.89. The number of ether oxygens (including phenoxy) is 1. The fraction of sp³-hybridized carbons (Fsp3) is 0.684. The Labute approximate surface area is 150 Å². The zero-order valence-corrected chi connectivity index (χ0v) is 15.9. The number of nitrogens with zero attached hydrogens (tertiary/aromatic N) is 2. The van der Waals surface area contributed by atoms with Gasteiger partial charge in [-0.25, -0.2) is 0 Å². The highest BCUT2D eigenvalue weighted by atomic mass is 16.5. The number of hydrogen-bond donors (Lipinski definition) is 1. The molecule has 0 bridgehead atoms. The van der Waals surface area contributed by atoms with Crippen LogP contribution in [-0.2, 0) is 16.1 Å². The molecule has 0 spiro atoms. The van der Waals surface area contributed by atoms with Crippen molar-refractivity contribution in [3.8, 4) is 0 Å². The van der Waals surface area contributed by atoms with Gasteiger partial charge in [0, 0.05) is 44.7 Å². The summed E-state index contributed by atoms with van der Waals surface area (Å²) in [5.41, 5.74) is 7.84. The first kappa shape index (κ1) is 19.5. The lowest BCUT2D eigenvalue weighted by Gasteiger charge is -2.40. The van der Waals surface area contributed by atoms with E-state index in [1.54, 1.807) is 12.0 Å². The minimum Gasteiger partial charge on any atom is -0.385 e. The van der Waals surface area contributed by atoms with Gasteiger partial charge in [0.1, 0.15) is 0 Å². The highest BCUT2D eigenvalue weighted by Crippen LogP contribution is 2.34. The van der Waals surface area contributed by atoms with Gasteiger partial charge < -0.3 is 19.9 Å². The number of nitrogens with two attached hydrogens (primary N) is 1. The molecule has 0 radical (unpaired) electrons. The fourth-order valence-corrected chi connectivity index (χ4v) is 3.87. The van der Waals surface area contributed by atoms with E-state index in [-0.39, 0.29) is 11.8 Å². The molecule has 1 aliphatic rings. The van der Waals surface area contributed by atoms with Crippen molar-refractivity contribution in [1.29, 1.82) is 0 Å². The average molecular weight is 349 g/mol. The van der Waals surface area contributed by atoms with Gasteiger partial charge in [-0.05, 0) is 45.6 Å². The van der Waals surface area contributed by atoms with E-state index in [0.29, 0.717) is 26.1 Å². The molecule has 1 unspecified atom stereocenters. The molecular formula is C19H31N3O3. The van der Waals surface area contributed by atoms with Crippen LogP contribution in [0.5, 0.6) is 0 Å². The lowest BCUT2D eigenvalue weighted by Crippen LogP contribution is -2.51. The van der Waals surface area contributed by atoms with Gasteiger partial charge in [0.25, 0.3) is 5.91 Å². The minimum absolute atomic E-state index is 0.00451. The smallest absolute Gasteiger partial charge is 0.255 e. The Bertz CT molecular complexity index is 638. The summed E-state index contributed by atoms with van der Waals surface area (Å²) in [5.74, 6) is -0.289. The van der Waals surface area contributed by atoms with Gasteiger partial charge in [0.15, 0.2) is 0 Å². The molecule has 6 nitrogen and oxygen atoms in total. The standard InChI is InChI=1S/C19H31N3O3/c1-5-19(18(20)24)8-6-9-21(13-19)17(23)16-12-14(2)22(15(16)3)10-7-11-25-4/h12H,5-11,13H2,1-4H3,(H2,20,24). The predicted molar refractivity (Wildman–Crippen MR) is 97.5 cm³/mol. The molecule has 1 atom stereocenters. The molecular weight excluding hydrogens is 318 g/mol. The van der Waals surface area contributed by atoms with Gasteiger partial charge in [0.05, 0.1) is 11.0 Å². The van der Waals surface area contributed by atoms with E-state index < -0.39 is 5.41 Å². The first-order valence-electron chi connectivity index (χ1n) is 9.11. The number of aromatic nitrogens is 1. The molecule has 0 aliphatic carbocycles. The van der Waals surface area contributed by atoms with Crippen molar-refractivity contribution in [2.24, 2.45) is 11.1 Å². The van der Waals surface area contributed by atoms with Crippen LogP contribution in [0.3, 0.4) is 0 Å². The molecule has 2 amide bonds. The zero-order valence-electron chi connectivity index (χ0n) is 15.9. The molecule has 1 aromatic rings. The summed E-state index contributed by atoms with van der Waals surface area (Å²) in [4.78, 5) is 26.8. The normalized spacial score (nSPS) is 20.7. The van der Waals surface area contributed by atoms with E-state index in [9.17, 15) is 9.59 Å². The van der Waals surface area contributed by atoms with Crippen LogP contribution < -0.4 is 5.73 Å². The summed E-state index contributed by atoms with van der Waals surface area (Å²) in [7, 11) is 1.69. The number of hydrogen-bond acceptors (Lipinski definition) is 3. The van der Waals surface area contributed by atoms with Crippen LogP contribution in [0.15, 0.2) is 6.07 Å². The Balaban J connectivity index is 2.20. The van der Waals surface area contributed by atoms with Gasteiger partial charge in [-0.15, -0.1) is 0 Å². The maximum atomic E-state index is 13.1. The average Bonchev–Trinajstić information content (AvgIpc) is 2.89. The van der Waals surface area contributed by atoms with Crippen LogP contribution in [0.2, 0.25) is 0 Å². The van der Waals surface area contributed by atoms with Crippen LogP contribution in [0.4, 0.5) is 0 Å². The zero-order chi connectivity index (χ0) is 18.6. The number of methoxy groups -OCH3 is 1. The van der Waals surface area contributed by atoms with Crippen LogP contribution in [-0.4, -0.2) is 48.1 Å². The van der Waals surface area contributed by atoms with E-state index >= 15 is 0 Å². The maximum absolute atomic E-state index is 13.1. The lowest BCUT2D eigenvalue weighted by molar-refractivity contribution is -0.130. The van der Waals surface area contributed by atoms with Crippen molar-refractivity contribution in [3.05, 3.63) is 23.0 Å². The van der Waals surface area contributed by atoms with E-state index in [1.807, 2.05) is 26.8 Å². The summed E-state index contributed by atoms with van der Waals surface area (Å²) in [6.07, 6.45) is 3.15. The number of primary amides is 1. The number of rotatable bonds is 7. The topological polar surface area (TPSA) is 77.6 Å². The van der Waals surface area contributed by atoms with Crippen molar-refractivity contribution in [1.82, 2.24) is 9.47 Å². The number of aryl methyl sites for hydroxylation is 1. The third-order valence-electron chi connectivity index (χ3n) is 5.60. The number of carbonyl (C=O) groups excluding carboxylic acids is 2. The molecule has 140 valence electrons. The van der Waals surface area contributed by atoms with Gasteiger partial charge in [-0.1, -0.05) is 6.92 Å². The second-order valence-electron chi connectivity index (χ2n) is 7.11. The second-order valence-corrected chi connectivity index (χ2v) is 7.11. The van der Waals surface area contributed by atoms with Crippen molar-refractivity contribution in [2.45, 2.75) is 53.0 Å². The Hall–Kier alpha value is -1.82. The molecule has 1 aromatic heterocycles. The molecule has 0 saturated carbocycles. The lowest BCUT2D eigenvalue weighted by atomic mass is 9.77. The van der Waals surface area contributed by atoms with Crippen molar-refractivity contribution < 1.29 is 14.3 Å². The van der Waals surface area contributed by atoms with Crippen LogP contribution in [0.1, 0.15) is 54.4 Å². The molecule has 2 heterocycles. The molecule has 25 heavy (non-hydrogen) atoms. The fourth-order valence-electron chi connectivity index (χ4n) is 3.87. The maximum Gasteiger partial charge on any atom is 0.255 e. The van der Waals surface area contributed by atoms with Crippen molar-refractivity contribution in [3.63, 3.8) is 0 Å². The molecule has 2 N–H and O–H groups in total. The van der Waals surface area contributed by atoms with E-state index in [2.05, 4.69) is 4.57 Å². The molecule has 6 heteroatoms. The molecule has 0 aromatic carbocycles. The monoisotopic (exact) mass is 349 g/mol. The summed E-state index contributed by atoms with van der Waals surface area (Å²) in [6, 6.07) is 1.96. The first-order chi connectivity index (χ1) is 11.9. The Kier molecular flexibility index (Phi) is 6.27. The van der Waals surface area contributed by atoms with E-state index in [4.69, 9.17) is 10.5 Å². The van der Waals surface area contributed by atoms with Crippen LogP contribution in [0, 0.1) is 19.3 Å². The second kappa shape index (κ2) is 8.04. The predicted octanol–water partition coefficient (Wildman–Crippen LogP) is 2.26. The summed E-state index contributed by atoms with van der Waals surface area (Å²) in [6.45, 7) is 8.61. The quantitative estimate of drug-likeness (QED) is 0.767. The number of likely N-dealkylation sites (tertiary alicyclic amines) is 1. The number of piperidine rings is 1. The van der Waals surface area contributed by atoms with Gasteiger partial charge in [0.2, 0.25) is 5.91 Å². The van der Waals surface area contributed by atoms with E-state index in [1.165, 1.54) is 0 Å². The van der Waals surface area contributed by atoms with Gasteiger partial charge >= 0.3 is 0 Å². The highest BCUT2D eigenvalue weighted by molar-refractivity contribution is 5.96. The largest absolute Gasteiger partial charge is 0.385 e. The summed E-state index contributed by atoms with van der Waals surface area (Å²) < 4.78 is 7.28. The van der Waals surface area contributed by atoms with Gasteiger partial charge in [-0.3, -0.25) is 9.59 Å². The Morgan fingerprint density at radius 2 is 2.08 bits per heavy atom. The molecule has 1 fully saturated rings. The Morgan fingerprint density at radius 3 is 2.68 bits per heavy atom. The van der Waals surface area contributed by atoms with Crippen LogP contribution >= 0.6 is 0 Å². The van der Waals surface area contributed by atoms with Crippen molar-refractivity contribution in [2.75, 3.05) is 26.8 Å². The van der Waals surface area contributed by atoms with Gasteiger partial charge in [-0.2, -0.15) is 0 Å². The highest BCUT2D eigenvalue weighted by Gasteiger charge is 2.41. The number of amides is 2. The molecule has 1 aliphatic heterocycles. The minimum atomic E-state index is -0.585. The third-order valence-corrected chi connectivity index (χ3v) is 5.60. The molecule has 2 rings (SSSR count). The van der Waals surface area contributed by atoms with Crippen LogP contribution in [0.25, 0.3) is 0 Å². The van der Waals surface area contributed by atoms with Crippen molar-refractivity contribution >= 4 is 11.8 Å². The summed E-state index contributed by atoms with van der Waals surface area (Å²) >= 11 is 0. The first-order valence-corrected chi connectivity index (χ1v) is 9.11.